The molecule has 18 aromatic rings. The van der Waals surface area contributed by atoms with Crippen molar-refractivity contribution in [1.29, 1.82) is 0 Å². The van der Waals surface area contributed by atoms with E-state index in [9.17, 15) is 0 Å². The molecule has 92 heavy (non-hydrogen) atoms. The highest BCUT2D eigenvalue weighted by atomic mass is 14.8. The molecule has 0 spiro atoms. The molecule has 0 aliphatic rings. The van der Waals surface area contributed by atoms with Gasteiger partial charge < -0.3 is 0 Å². The molecule has 0 bridgehead atoms. The van der Waals surface area contributed by atoms with Gasteiger partial charge in [0.2, 0.25) is 0 Å². The van der Waals surface area contributed by atoms with Crippen molar-refractivity contribution in [2.24, 2.45) is 0 Å². The van der Waals surface area contributed by atoms with Crippen LogP contribution >= 0.6 is 0 Å². The Morgan fingerprint density at radius 1 is 0.196 bits per heavy atom. The fourth-order valence-corrected chi connectivity index (χ4v) is 12.2. The lowest BCUT2D eigenvalue weighted by Gasteiger charge is -2.11. The Bertz CT molecular complexity index is 5880. The third-order valence-corrected chi connectivity index (χ3v) is 16.9. The van der Waals surface area contributed by atoms with E-state index >= 15 is 0 Å². The van der Waals surface area contributed by atoms with Crippen molar-refractivity contribution >= 4 is 87.2 Å². The fraction of sp³-hybridized carbons (Fsp3) is 0. The SMILES string of the molecule is c1cnc2c(c1)cc(-c1ccc(-c3ccc4cc(-c5ccc6ccc(-c7cnccn7)nc6c5)ccc4n3)cc1)c1cccnc12.c1cnc2c(c1)ccc1ccc(-c3ccc(-c4ccc5cc(-c6ccc7ccc(-c8cnccn8)nc7c6)ccc5n4)cc3)nc12. The van der Waals surface area contributed by atoms with E-state index in [-0.39, 0.29) is 0 Å². The van der Waals surface area contributed by atoms with Crippen molar-refractivity contribution in [3.8, 4) is 89.9 Å². The molecule has 0 amide bonds. The minimum Gasteiger partial charge on any atom is -0.261 e. The topological polar surface area (TPSA) is 155 Å². The first kappa shape index (κ1) is 53.4. The van der Waals surface area contributed by atoms with Crippen LogP contribution in [0.4, 0.5) is 0 Å². The van der Waals surface area contributed by atoms with E-state index in [1.165, 1.54) is 0 Å². The number of fused-ring (bicyclic) bond motifs is 10. The van der Waals surface area contributed by atoms with Crippen LogP contribution in [0.15, 0.2) is 292 Å². The van der Waals surface area contributed by atoms with Gasteiger partial charge in [0.25, 0.3) is 0 Å². The van der Waals surface area contributed by atoms with E-state index in [2.05, 4.69) is 241 Å². The Morgan fingerprint density at radius 3 is 1.13 bits per heavy atom. The molecule has 12 nitrogen and oxygen atoms in total. The number of hydrogen-bond acceptors (Lipinski definition) is 12. The molecule has 0 aliphatic carbocycles. The van der Waals surface area contributed by atoms with Gasteiger partial charge in [-0.25, -0.2) is 24.9 Å². The van der Waals surface area contributed by atoms with Crippen molar-refractivity contribution in [3.63, 3.8) is 0 Å². The lowest BCUT2D eigenvalue weighted by Crippen LogP contribution is -1.90. The zero-order valence-electron chi connectivity index (χ0n) is 49.1. The molecule has 8 aromatic carbocycles. The number of hydrogen-bond donors (Lipinski definition) is 0. The first-order valence-electron chi connectivity index (χ1n) is 30.2. The second kappa shape index (κ2) is 22.7. The van der Waals surface area contributed by atoms with Crippen molar-refractivity contribution in [2.75, 3.05) is 0 Å². The van der Waals surface area contributed by atoms with Crippen molar-refractivity contribution in [2.45, 2.75) is 0 Å². The number of rotatable bonds is 8. The van der Waals surface area contributed by atoms with E-state index in [0.29, 0.717) is 0 Å². The highest BCUT2D eigenvalue weighted by Crippen LogP contribution is 2.37. The monoisotopic (exact) mass is 1180 g/mol. The van der Waals surface area contributed by atoms with Crippen LogP contribution in [0.3, 0.4) is 0 Å². The Hall–Kier alpha value is -12.8. The highest BCUT2D eigenvalue weighted by Gasteiger charge is 2.15. The van der Waals surface area contributed by atoms with E-state index in [1.807, 2.05) is 48.9 Å². The quantitative estimate of drug-likeness (QED) is 0.133. The van der Waals surface area contributed by atoms with E-state index < -0.39 is 0 Å². The van der Waals surface area contributed by atoms with Crippen LogP contribution in [-0.2, 0) is 0 Å². The second-order valence-electron chi connectivity index (χ2n) is 22.6. The van der Waals surface area contributed by atoms with Crippen molar-refractivity contribution < 1.29 is 0 Å². The Balaban J connectivity index is 0.000000141. The van der Waals surface area contributed by atoms with Gasteiger partial charge in [0, 0.05) is 103 Å². The van der Waals surface area contributed by atoms with Crippen LogP contribution in [0.25, 0.3) is 177 Å². The van der Waals surface area contributed by atoms with E-state index in [1.54, 1.807) is 37.2 Å². The van der Waals surface area contributed by atoms with Crippen molar-refractivity contribution in [1.82, 2.24) is 59.8 Å². The molecule has 0 unspecified atom stereocenters. The summed E-state index contributed by atoms with van der Waals surface area (Å²) in [5.41, 5.74) is 23.2. The maximum Gasteiger partial charge on any atom is 0.107 e. The van der Waals surface area contributed by atoms with E-state index in [0.717, 1.165) is 177 Å². The number of benzene rings is 8. The van der Waals surface area contributed by atoms with Crippen LogP contribution < -0.4 is 0 Å². The molecular weight excluding hydrogens is 1130 g/mol. The molecule has 0 saturated carbocycles. The van der Waals surface area contributed by atoms with Crippen LogP contribution in [0.2, 0.25) is 0 Å². The Morgan fingerprint density at radius 2 is 0.587 bits per heavy atom. The van der Waals surface area contributed by atoms with Gasteiger partial charge in [-0.2, -0.15) is 0 Å². The lowest BCUT2D eigenvalue weighted by molar-refractivity contribution is 1.19. The molecule has 0 N–H and O–H groups in total. The summed E-state index contributed by atoms with van der Waals surface area (Å²) in [7, 11) is 0. The van der Waals surface area contributed by atoms with Gasteiger partial charge in [-0.3, -0.25) is 34.9 Å². The number of pyridine rings is 8. The molecule has 0 fully saturated rings. The van der Waals surface area contributed by atoms with Gasteiger partial charge in [0.05, 0.1) is 85.0 Å². The molecule has 0 atom stereocenters. The van der Waals surface area contributed by atoms with Gasteiger partial charge in [-0.05, 0) is 124 Å². The lowest BCUT2D eigenvalue weighted by atomic mass is 9.96. The van der Waals surface area contributed by atoms with Gasteiger partial charge >= 0.3 is 0 Å². The third-order valence-electron chi connectivity index (χ3n) is 16.9. The van der Waals surface area contributed by atoms with Gasteiger partial charge in [-0.15, -0.1) is 0 Å². The molecular formula is C80H48N12. The highest BCUT2D eigenvalue weighted by molar-refractivity contribution is 6.10. The van der Waals surface area contributed by atoms with Crippen LogP contribution in [0.5, 0.6) is 0 Å². The Kier molecular flexibility index (Phi) is 13.2. The van der Waals surface area contributed by atoms with E-state index in [4.69, 9.17) is 24.9 Å². The summed E-state index contributed by atoms with van der Waals surface area (Å²) in [5, 5.41) is 8.67. The predicted molar refractivity (Wildman–Crippen MR) is 370 cm³/mol. The second-order valence-corrected chi connectivity index (χ2v) is 22.6. The molecule has 18 rings (SSSR count). The van der Waals surface area contributed by atoms with Crippen LogP contribution in [-0.4, -0.2) is 59.8 Å². The maximum absolute atomic E-state index is 5.03. The smallest absolute Gasteiger partial charge is 0.107 e. The predicted octanol–water partition coefficient (Wildman–Crippen LogP) is 18.7. The van der Waals surface area contributed by atoms with Crippen LogP contribution in [0.1, 0.15) is 0 Å². The largest absolute Gasteiger partial charge is 0.261 e. The summed E-state index contributed by atoms with van der Waals surface area (Å²) in [6.45, 7) is 0. The summed E-state index contributed by atoms with van der Waals surface area (Å²) in [5.74, 6) is 0. The standard InChI is InChI=1S/2C40H24N6/c1-3-31-22-33(32-4-2-18-44-40(32)39(31)43-17-1)25-5-7-26(8-6-25)34-15-13-30-21-28(12-14-35(30)45-34)29-10-9-27-11-16-36(46-37(27)23-29)38-24-41-19-20-42-38;1-2-28-8-9-29-12-15-34(46-40(29)39(28)43-19-1)26-5-3-25(4-6-26)33-17-14-32-22-30(13-16-35(32)44-33)31-10-7-27-11-18-36(45-37(27)23-31)38-24-41-20-21-42-38/h2*1-24H. The number of nitrogens with zero attached hydrogens (tertiary/aromatic N) is 12. The van der Waals surface area contributed by atoms with Gasteiger partial charge in [0.1, 0.15) is 11.4 Å². The molecule has 0 aliphatic heterocycles. The number of aromatic nitrogens is 12. The average Bonchev–Trinajstić information content (AvgIpc) is 0.955. The molecule has 12 heteroatoms. The fourth-order valence-electron chi connectivity index (χ4n) is 12.2. The third kappa shape index (κ3) is 10.1. The minimum absolute atomic E-state index is 0.758. The summed E-state index contributed by atoms with van der Waals surface area (Å²) in [6.07, 6.45) is 15.6. The minimum atomic E-state index is 0.758. The average molecular weight is 1180 g/mol. The molecule has 10 heterocycles. The van der Waals surface area contributed by atoms with Gasteiger partial charge in [0.15, 0.2) is 0 Å². The summed E-state index contributed by atoms with van der Waals surface area (Å²) in [6, 6.07) is 82.0. The summed E-state index contributed by atoms with van der Waals surface area (Å²) in [4.78, 5) is 55.8. The van der Waals surface area contributed by atoms with Crippen molar-refractivity contribution in [3.05, 3.63) is 292 Å². The van der Waals surface area contributed by atoms with Gasteiger partial charge in [-0.1, -0.05) is 146 Å². The maximum atomic E-state index is 5.03. The molecule has 428 valence electrons. The normalized spacial score (nSPS) is 11.5. The summed E-state index contributed by atoms with van der Waals surface area (Å²) >= 11 is 0. The first-order chi connectivity index (χ1) is 45.5. The zero-order chi connectivity index (χ0) is 60.9. The molecule has 10 aromatic heterocycles. The first-order valence-corrected chi connectivity index (χ1v) is 30.2. The molecule has 0 saturated heterocycles. The zero-order valence-corrected chi connectivity index (χ0v) is 49.1. The summed E-state index contributed by atoms with van der Waals surface area (Å²) < 4.78 is 0. The Labute approximate surface area is 526 Å². The van der Waals surface area contributed by atoms with Crippen LogP contribution in [0, 0.1) is 0 Å². The molecule has 0 radical (unpaired) electrons.